The number of carbonyl (C=O) groups excluding carboxylic acids is 3. The number of esters is 1. The zero-order chi connectivity index (χ0) is 22.4. The van der Waals surface area contributed by atoms with E-state index >= 15 is 0 Å². The number of hydrogen-bond donors (Lipinski definition) is 1. The van der Waals surface area contributed by atoms with Gasteiger partial charge in [-0.3, -0.25) is 9.59 Å². The van der Waals surface area contributed by atoms with Crippen LogP contribution in [0.5, 0.6) is 0 Å². The SMILES string of the molecule is CC(=O)c1ccccc1NC(=O)COC(=O)/C=C/c1cc(C)n(Cc2ccco2)c1C. The predicted octanol–water partition coefficient (Wildman–Crippen LogP) is 4.14. The normalized spacial score (nSPS) is 10.9. The summed E-state index contributed by atoms with van der Waals surface area (Å²) in [5.74, 6) is -0.479. The molecule has 0 saturated carbocycles. The Morgan fingerprint density at radius 1 is 1.13 bits per heavy atom. The number of aryl methyl sites for hydroxylation is 1. The second-order valence-electron chi connectivity index (χ2n) is 7.08. The van der Waals surface area contributed by atoms with E-state index in [0.29, 0.717) is 17.8 Å². The molecule has 2 heterocycles. The van der Waals surface area contributed by atoms with Crippen LogP contribution in [0.15, 0.2) is 59.2 Å². The third-order valence-electron chi connectivity index (χ3n) is 4.83. The van der Waals surface area contributed by atoms with Crippen molar-refractivity contribution in [2.75, 3.05) is 11.9 Å². The Hall–Kier alpha value is -3.87. The quantitative estimate of drug-likeness (QED) is 0.336. The van der Waals surface area contributed by atoms with Gasteiger partial charge < -0.3 is 19.0 Å². The molecule has 0 saturated heterocycles. The number of ether oxygens (including phenoxy) is 1. The first-order chi connectivity index (χ1) is 14.8. The third-order valence-corrected chi connectivity index (χ3v) is 4.83. The number of amides is 1. The highest BCUT2D eigenvalue weighted by Gasteiger charge is 2.12. The number of furan rings is 1. The van der Waals surface area contributed by atoms with Crippen molar-refractivity contribution in [2.24, 2.45) is 0 Å². The van der Waals surface area contributed by atoms with Gasteiger partial charge in [-0.2, -0.15) is 0 Å². The van der Waals surface area contributed by atoms with Crippen LogP contribution >= 0.6 is 0 Å². The Morgan fingerprint density at radius 3 is 2.61 bits per heavy atom. The van der Waals surface area contributed by atoms with E-state index in [0.717, 1.165) is 22.7 Å². The van der Waals surface area contributed by atoms with Gasteiger partial charge in [0.05, 0.1) is 18.5 Å². The molecule has 1 aromatic carbocycles. The zero-order valence-electron chi connectivity index (χ0n) is 17.7. The molecule has 3 aromatic rings. The summed E-state index contributed by atoms with van der Waals surface area (Å²) in [6.45, 7) is 5.51. The van der Waals surface area contributed by atoms with Crippen molar-refractivity contribution in [2.45, 2.75) is 27.3 Å². The Morgan fingerprint density at radius 2 is 1.90 bits per heavy atom. The number of aromatic nitrogens is 1. The van der Waals surface area contributed by atoms with Crippen molar-refractivity contribution in [3.8, 4) is 0 Å². The third kappa shape index (κ3) is 5.60. The number of hydrogen-bond acceptors (Lipinski definition) is 5. The maximum atomic E-state index is 12.1. The topological polar surface area (TPSA) is 90.5 Å². The molecule has 7 heteroatoms. The molecule has 0 bridgehead atoms. The van der Waals surface area contributed by atoms with E-state index in [9.17, 15) is 14.4 Å². The largest absolute Gasteiger partial charge is 0.467 e. The first-order valence-electron chi connectivity index (χ1n) is 9.79. The van der Waals surface area contributed by atoms with E-state index in [1.54, 1.807) is 36.6 Å². The van der Waals surface area contributed by atoms with Crippen LogP contribution < -0.4 is 5.32 Å². The average Bonchev–Trinajstić information content (AvgIpc) is 3.35. The van der Waals surface area contributed by atoms with Crippen molar-refractivity contribution >= 4 is 29.4 Å². The number of carbonyl (C=O) groups is 3. The molecule has 160 valence electrons. The summed E-state index contributed by atoms with van der Waals surface area (Å²) in [6, 6.07) is 12.4. The lowest BCUT2D eigenvalue weighted by Crippen LogP contribution is -2.21. The molecule has 1 N–H and O–H groups in total. The number of rotatable bonds is 8. The van der Waals surface area contributed by atoms with Gasteiger partial charge in [-0.25, -0.2) is 4.79 Å². The number of benzene rings is 1. The van der Waals surface area contributed by atoms with E-state index in [-0.39, 0.29) is 5.78 Å². The Bertz CT molecular complexity index is 1120. The first kappa shape index (κ1) is 21.8. The van der Waals surface area contributed by atoms with Gasteiger partial charge in [0.2, 0.25) is 0 Å². The number of ketones is 1. The van der Waals surface area contributed by atoms with Crippen LogP contribution in [0, 0.1) is 13.8 Å². The summed E-state index contributed by atoms with van der Waals surface area (Å²) in [5, 5.41) is 2.59. The summed E-state index contributed by atoms with van der Waals surface area (Å²) in [4.78, 5) is 35.7. The smallest absolute Gasteiger partial charge is 0.331 e. The highest BCUT2D eigenvalue weighted by Crippen LogP contribution is 2.19. The maximum Gasteiger partial charge on any atom is 0.331 e. The molecule has 7 nitrogen and oxygen atoms in total. The summed E-state index contributed by atoms with van der Waals surface area (Å²) in [7, 11) is 0. The standard InChI is InChI=1S/C24H24N2O5/c1-16-13-19(17(2)26(16)14-20-7-6-12-30-20)10-11-24(29)31-15-23(28)25-22-9-5-4-8-21(22)18(3)27/h4-13H,14-15H2,1-3H3,(H,25,28)/b11-10+. The molecule has 0 spiro atoms. The van der Waals surface area contributed by atoms with Crippen molar-refractivity contribution in [1.82, 2.24) is 4.57 Å². The lowest BCUT2D eigenvalue weighted by Gasteiger charge is -2.08. The van der Waals surface area contributed by atoms with Crippen LogP contribution in [0.4, 0.5) is 5.69 Å². The van der Waals surface area contributed by atoms with Gasteiger partial charge in [0.1, 0.15) is 5.76 Å². The fourth-order valence-electron chi connectivity index (χ4n) is 3.23. The molecule has 0 radical (unpaired) electrons. The molecule has 1 amide bonds. The van der Waals surface area contributed by atoms with Gasteiger partial charge in [0.15, 0.2) is 12.4 Å². The van der Waals surface area contributed by atoms with Crippen molar-refractivity contribution in [3.05, 3.63) is 83.1 Å². The molecule has 31 heavy (non-hydrogen) atoms. The van der Waals surface area contributed by atoms with E-state index < -0.39 is 18.5 Å². The van der Waals surface area contributed by atoms with Gasteiger partial charge in [-0.1, -0.05) is 12.1 Å². The minimum atomic E-state index is -0.633. The second-order valence-corrected chi connectivity index (χ2v) is 7.08. The Balaban J connectivity index is 1.56. The highest BCUT2D eigenvalue weighted by molar-refractivity contribution is 6.04. The van der Waals surface area contributed by atoms with Crippen LogP contribution in [0.3, 0.4) is 0 Å². The van der Waals surface area contributed by atoms with Crippen molar-refractivity contribution in [1.29, 1.82) is 0 Å². The first-order valence-corrected chi connectivity index (χ1v) is 9.79. The summed E-state index contributed by atoms with van der Waals surface area (Å²) >= 11 is 0. The molecule has 0 aliphatic heterocycles. The van der Waals surface area contributed by atoms with Crippen molar-refractivity contribution < 1.29 is 23.5 Å². The second kappa shape index (κ2) is 9.75. The maximum absolute atomic E-state index is 12.1. The molecule has 2 aromatic heterocycles. The monoisotopic (exact) mass is 420 g/mol. The Labute approximate surface area is 180 Å². The number of anilines is 1. The number of nitrogens with zero attached hydrogens (tertiary/aromatic N) is 1. The molecule has 0 fully saturated rings. The highest BCUT2D eigenvalue weighted by atomic mass is 16.5. The van der Waals surface area contributed by atoms with Gasteiger partial charge in [0.25, 0.3) is 5.91 Å². The summed E-state index contributed by atoms with van der Waals surface area (Å²) in [5.41, 5.74) is 3.67. The number of para-hydroxylation sites is 1. The molecule has 3 rings (SSSR count). The minimum absolute atomic E-state index is 0.166. The van der Waals surface area contributed by atoms with Crippen molar-refractivity contribution in [3.63, 3.8) is 0 Å². The Kier molecular flexibility index (Phi) is 6.87. The van der Waals surface area contributed by atoms with Gasteiger partial charge in [-0.15, -0.1) is 0 Å². The molecule has 0 unspecified atom stereocenters. The predicted molar refractivity (Wildman–Crippen MR) is 117 cm³/mol. The van der Waals surface area contributed by atoms with Crippen LogP contribution in [0.2, 0.25) is 0 Å². The molecular weight excluding hydrogens is 396 g/mol. The lowest BCUT2D eigenvalue weighted by molar-refractivity contribution is -0.142. The van der Waals surface area contributed by atoms with Gasteiger partial charge >= 0.3 is 5.97 Å². The minimum Gasteiger partial charge on any atom is -0.467 e. The summed E-state index contributed by atoms with van der Waals surface area (Å²) < 4.78 is 12.5. The van der Waals surface area contributed by atoms with Gasteiger partial charge in [-0.05, 0) is 62.7 Å². The van der Waals surface area contributed by atoms with Gasteiger partial charge in [0, 0.05) is 23.0 Å². The molecule has 0 aliphatic carbocycles. The van der Waals surface area contributed by atoms with E-state index in [1.807, 2.05) is 32.0 Å². The van der Waals surface area contributed by atoms with E-state index in [1.165, 1.54) is 13.0 Å². The van der Waals surface area contributed by atoms with E-state index in [2.05, 4.69) is 9.88 Å². The van der Waals surface area contributed by atoms with Crippen LogP contribution in [-0.2, 0) is 20.9 Å². The number of nitrogens with one attached hydrogen (secondary N) is 1. The molecule has 0 aliphatic rings. The fourth-order valence-corrected chi connectivity index (χ4v) is 3.23. The average molecular weight is 420 g/mol. The summed E-state index contributed by atoms with van der Waals surface area (Å²) in [6.07, 6.45) is 4.58. The molecule has 0 atom stereocenters. The van der Waals surface area contributed by atoms with Crippen LogP contribution in [0.25, 0.3) is 6.08 Å². The lowest BCUT2D eigenvalue weighted by atomic mass is 10.1. The molecular formula is C24H24N2O5. The number of Topliss-reactive ketones (excluding diaryl/α,β-unsaturated/α-hetero) is 1. The van der Waals surface area contributed by atoms with E-state index in [4.69, 9.17) is 9.15 Å². The van der Waals surface area contributed by atoms with Crippen LogP contribution in [0.1, 0.15) is 40.0 Å². The van der Waals surface area contributed by atoms with Crippen LogP contribution in [-0.4, -0.2) is 28.8 Å². The fraction of sp³-hybridized carbons (Fsp3) is 0.208. The zero-order valence-corrected chi connectivity index (χ0v) is 17.7.